The minimum atomic E-state index is -0.593. The third-order valence-electron chi connectivity index (χ3n) is 3.82. The summed E-state index contributed by atoms with van der Waals surface area (Å²) in [4.78, 5) is 35.3. The average molecular weight is 646 g/mol. The summed E-state index contributed by atoms with van der Waals surface area (Å²) in [5, 5.41) is 12.0. The molecule has 0 atom stereocenters. The molecule has 0 bridgehead atoms. The van der Waals surface area contributed by atoms with Crippen LogP contribution in [-0.2, 0) is 19.1 Å². The predicted molar refractivity (Wildman–Crippen MR) is 129 cm³/mol. The molecule has 1 amide bonds. The van der Waals surface area contributed by atoms with E-state index in [0.717, 1.165) is 0 Å². The summed E-state index contributed by atoms with van der Waals surface area (Å²) in [6.07, 6.45) is 1.45. The summed E-state index contributed by atoms with van der Waals surface area (Å²) >= 11 is 4.09. The van der Waals surface area contributed by atoms with Crippen LogP contribution in [0.15, 0.2) is 42.0 Å². The SMILES string of the molecule is COC(=O)COc1c(I)cc(/C=C(\C#N)C(=O)Nc2ccc(C(=O)OC)cc2)cc1I. The molecule has 0 aliphatic heterocycles. The van der Waals surface area contributed by atoms with Crippen molar-refractivity contribution in [3.63, 3.8) is 0 Å². The Balaban J connectivity index is 2.18. The first-order chi connectivity index (χ1) is 14.8. The molecule has 31 heavy (non-hydrogen) atoms. The minimum Gasteiger partial charge on any atom is -0.480 e. The van der Waals surface area contributed by atoms with Gasteiger partial charge in [0.05, 0.1) is 26.9 Å². The van der Waals surface area contributed by atoms with E-state index in [2.05, 4.69) is 14.8 Å². The molecule has 10 heteroatoms. The number of carbonyl (C=O) groups is 3. The molecule has 2 aromatic carbocycles. The van der Waals surface area contributed by atoms with Crippen LogP contribution < -0.4 is 10.1 Å². The Bertz CT molecular complexity index is 1050. The number of amides is 1. The summed E-state index contributed by atoms with van der Waals surface area (Å²) < 4.78 is 16.1. The Hall–Kier alpha value is -2.66. The fourth-order valence-corrected chi connectivity index (χ4v) is 4.44. The molecule has 0 aromatic heterocycles. The van der Waals surface area contributed by atoms with Gasteiger partial charge in [0, 0.05) is 5.69 Å². The van der Waals surface area contributed by atoms with E-state index in [1.165, 1.54) is 32.4 Å². The molecule has 0 fully saturated rings. The van der Waals surface area contributed by atoms with Gasteiger partial charge in [-0.2, -0.15) is 5.26 Å². The molecular weight excluding hydrogens is 630 g/mol. The lowest BCUT2D eigenvalue weighted by molar-refractivity contribution is -0.142. The van der Waals surface area contributed by atoms with Gasteiger partial charge in [-0.15, -0.1) is 0 Å². The summed E-state index contributed by atoms with van der Waals surface area (Å²) in [6, 6.07) is 11.4. The highest BCUT2D eigenvalue weighted by Crippen LogP contribution is 2.30. The zero-order valence-electron chi connectivity index (χ0n) is 16.4. The van der Waals surface area contributed by atoms with Crippen molar-refractivity contribution in [2.24, 2.45) is 0 Å². The number of nitrogens with zero attached hydrogens (tertiary/aromatic N) is 1. The molecule has 2 rings (SSSR count). The van der Waals surface area contributed by atoms with Crippen LogP contribution in [0, 0.1) is 18.5 Å². The third kappa shape index (κ3) is 6.93. The lowest BCUT2D eigenvalue weighted by Crippen LogP contribution is -2.14. The van der Waals surface area contributed by atoms with Crippen molar-refractivity contribution in [3.8, 4) is 11.8 Å². The lowest BCUT2D eigenvalue weighted by atomic mass is 10.1. The smallest absolute Gasteiger partial charge is 0.343 e. The number of hydrogen-bond acceptors (Lipinski definition) is 7. The van der Waals surface area contributed by atoms with Crippen LogP contribution in [0.25, 0.3) is 6.08 Å². The Labute approximate surface area is 205 Å². The van der Waals surface area contributed by atoms with Crippen LogP contribution in [0.4, 0.5) is 5.69 Å². The van der Waals surface area contributed by atoms with Crippen molar-refractivity contribution in [2.75, 3.05) is 26.1 Å². The summed E-state index contributed by atoms with van der Waals surface area (Å²) in [5.41, 5.74) is 1.28. The molecule has 0 saturated heterocycles. The molecule has 0 unspecified atom stereocenters. The van der Waals surface area contributed by atoms with Crippen LogP contribution in [0.1, 0.15) is 15.9 Å². The first kappa shape index (κ1) is 24.6. The van der Waals surface area contributed by atoms with Gasteiger partial charge in [0.1, 0.15) is 17.4 Å². The van der Waals surface area contributed by atoms with Gasteiger partial charge in [-0.05, 0) is 93.2 Å². The molecule has 0 heterocycles. The third-order valence-corrected chi connectivity index (χ3v) is 5.43. The summed E-state index contributed by atoms with van der Waals surface area (Å²) in [6.45, 7) is -0.224. The number of ether oxygens (including phenoxy) is 3. The molecule has 0 aliphatic carbocycles. The first-order valence-corrected chi connectivity index (χ1v) is 10.7. The zero-order chi connectivity index (χ0) is 23.0. The number of rotatable bonds is 7. The quantitative estimate of drug-likeness (QED) is 0.211. The molecule has 0 aliphatic rings. The van der Waals surface area contributed by atoms with Crippen molar-refractivity contribution in [1.82, 2.24) is 0 Å². The standard InChI is InChI=1S/C21H16I2N2O6/c1-29-18(26)11-31-19-16(22)8-12(9-17(19)23)7-14(10-24)20(27)25-15-5-3-13(4-6-15)21(28)30-2/h3-9H,11H2,1-2H3,(H,25,27)/b14-7+. The predicted octanol–water partition coefficient (Wildman–Crippen LogP) is 3.78. The van der Waals surface area contributed by atoms with Crippen molar-refractivity contribution in [2.45, 2.75) is 0 Å². The van der Waals surface area contributed by atoms with Gasteiger partial charge in [-0.3, -0.25) is 4.79 Å². The second-order valence-corrected chi connectivity index (χ2v) is 8.20. The highest BCUT2D eigenvalue weighted by molar-refractivity contribution is 14.1. The largest absolute Gasteiger partial charge is 0.480 e. The maximum absolute atomic E-state index is 12.5. The van der Waals surface area contributed by atoms with E-state index in [1.54, 1.807) is 24.3 Å². The highest BCUT2D eigenvalue weighted by Gasteiger charge is 2.14. The number of esters is 2. The van der Waals surface area contributed by atoms with Gasteiger partial charge >= 0.3 is 11.9 Å². The number of halogens is 2. The van der Waals surface area contributed by atoms with E-state index in [1.807, 2.05) is 51.3 Å². The van der Waals surface area contributed by atoms with Gasteiger partial charge in [-0.25, -0.2) is 9.59 Å². The molecule has 160 valence electrons. The van der Waals surface area contributed by atoms with Crippen LogP contribution in [0.5, 0.6) is 5.75 Å². The number of nitrogens with one attached hydrogen (secondary N) is 1. The number of carbonyl (C=O) groups excluding carboxylic acids is 3. The number of hydrogen-bond donors (Lipinski definition) is 1. The second-order valence-electron chi connectivity index (χ2n) is 5.87. The Kier molecular flexibility index (Phi) is 9.25. The van der Waals surface area contributed by atoms with Gasteiger partial charge in [0.2, 0.25) is 0 Å². The molecule has 1 N–H and O–H groups in total. The summed E-state index contributed by atoms with van der Waals surface area (Å²) in [5.74, 6) is -1.07. The van der Waals surface area contributed by atoms with Gasteiger partial charge in [0.15, 0.2) is 6.61 Å². The molecular formula is C21H16I2N2O6. The fraction of sp³-hybridized carbons (Fsp3) is 0.143. The first-order valence-electron chi connectivity index (χ1n) is 8.59. The van der Waals surface area contributed by atoms with E-state index in [0.29, 0.717) is 29.7 Å². The van der Waals surface area contributed by atoms with Gasteiger partial charge in [0.25, 0.3) is 5.91 Å². The average Bonchev–Trinajstić information content (AvgIpc) is 2.76. The van der Waals surface area contributed by atoms with E-state index >= 15 is 0 Å². The normalized spacial score (nSPS) is 10.6. The number of methoxy groups -OCH3 is 2. The van der Waals surface area contributed by atoms with E-state index in [-0.39, 0.29) is 12.2 Å². The van der Waals surface area contributed by atoms with Crippen molar-refractivity contribution < 1.29 is 28.6 Å². The van der Waals surface area contributed by atoms with Gasteiger partial charge < -0.3 is 19.5 Å². The van der Waals surface area contributed by atoms with Crippen molar-refractivity contribution in [3.05, 3.63) is 60.2 Å². The number of benzene rings is 2. The highest BCUT2D eigenvalue weighted by atomic mass is 127. The van der Waals surface area contributed by atoms with Crippen molar-refractivity contribution in [1.29, 1.82) is 5.26 Å². The van der Waals surface area contributed by atoms with Crippen LogP contribution in [0.3, 0.4) is 0 Å². The summed E-state index contributed by atoms with van der Waals surface area (Å²) in [7, 11) is 2.56. The number of anilines is 1. The van der Waals surface area contributed by atoms with E-state index < -0.39 is 17.8 Å². The Morgan fingerprint density at radius 3 is 2.19 bits per heavy atom. The van der Waals surface area contributed by atoms with Crippen LogP contribution in [0.2, 0.25) is 0 Å². The maximum atomic E-state index is 12.5. The molecule has 8 nitrogen and oxygen atoms in total. The maximum Gasteiger partial charge on any atom is 0.343 e. The van der Waals surface area contributed by atoms with Crippen molar-refractivity contribution >= 4 is 74.8 Å². The van der Waals surface area contributed by atoms with Crippen LogP contribution in [-0.4, -0.2) is 38.7 Å². The topological polar surface area (TPSA) is 115 Å². The monoisotopic (exact) mass is 646 g/mol. The number of nitriles is 1. The molecule has 2 aromatic rings. The lowest BCUT2D eigenvalue weighted by Gasteiger charge is -2.11. The zero-order valence-corrected chi connectivity index (χ0v) is 20.7. The molecule has 0 saturated carbocycles. The minimum absolute atomic E-state index is 0.105. The molecule has 0 radical (unpaired) electrons. The van der Waals surface area contributed by atoms with E-state index in [4.69, 9.17) is 4.74 Å². The molecule has 0 spiro atoms. The second kappa shape index (κ2) is 11.7. The fourth-order valence-electron chi connectivity index (χ4n) is 2.31. The van der Waals surface area contributed by atoms with Crippen LogP contribution >= 0.6 is 45.2 Å². The van der Waals surface area contributed by atoms with E-state index in [9.17, 15) is 19.6 Å². The van der Waals surface area contributed by atoms with Gasteiger partial charge in [-0.1, -0.05) is 0 Å². The Morgan fingerprint density at radius 2 is 1.68 bits per heavy atom. The Morgan fingerprint density at radius 1 is 1.06 bits per heavy atom.